The van der Waals surface area contributed by atoms with E-state index in [0.717, 1.165) is 27.8 Å². The quantitative estimate of drug-likeness (QED) is 0.103. The third-order valence-corrected chi connectivity index (χ3v) is 10.2. The maximum atomic E-state index is 14.5. The standard InChI is InChI=1S/C47H47N5O7/c53-42(54)26-27-48-44(56)39-29-34-18-23-37(24-19-34)43(55)49-38(25-20-31-10-4-1-5-11-31)45(57)51-41(30-33-16-21-36(22-17-33)35-14-8-3-9-15-35)47(59)52-40(46(58)50-39)28-32-12-6-2-7-13-32/h1-19,21-24,38-41H,20,25-30H2,(H,48,56)(H,49,55)(H,50,58)(H,51,57)(H,52,59)(H,53,54)/t38-,39+,40-,41+/m1/s1. The van der Waals surface area contributed by atoms with Crippen molar-refractivity contribution < 1.29 is 33.9 Å². The molecule has 4 atom stereocenters. The summed E-state index contributed by atoms with van der Waals surface area (Å²) in [6.45, 7) is -0.164. The van der Waals surface area contributed by atoms with Crippen molar-refractivity contribution in [2.75, 3.05) is 6.54 Å². The Hall–Kier alpha value is -7.08. The first-order valence-corrected chi connectivity index (χ1v) is 19.6. The number of amides is 5. The van der Waals surface area contributed by atoms with Crippen LogP contribution in [0.2, 0.25) is 0 Å². The van der Waals surface area contributed by atoms with Crippen LogP contribution in [0, 0.1) is 0 Å². The Morgan fingerprint density at radius 1 is 0.542 bits per heavy atom. The van der Waals surface area contributed by atoms with Crippen LogP contribution in [0.15, 0.2) is 140 Å². The maximum absolute atomic E-state index is 14.5. The fourth-order valence-corrected chi connectivity index (χ4v) is 6.90. The van der Waals surface area contributed by atoms with Crippen molar-refractivity contribution in [1.82, 2.24) is 26.6 Å². The van der Waals surface area contributed by atoms with E-state index in [2.05, 4.69) is 26.6 Å². The van der Waals surface area contributed by atoms with Crippen LogP contribution in [0.4, 0.5) is 0 Å². The largest absolute Gasteiger partial charge is 0.481 e. The highest BCUT2D eigenvalue weighted by atomic mass is 16.4. The molecule has 12 heteroatoms. The molecule has 0 aliphatic carbocycles. The monoisotopic (exact) mass is 793 g/mol. The van der Waals surface area contributed by atoms with Crippen molar-refractivity contribution in [1.29, 1.82) is 0 Å². The predicted octanol–water partition coefficient (Wildman–Crippen LogP) is 4.17. The third-order valence-electron chi connectivity index (χ3n) is 10.2. The van der Waals surface area contributed by atoms with Gasteiger partial charge in [-0.25, -0.2) is 0 Å². The molecule has 0 aromatic heterocycles. The molecule has 0 unspecified atom stereocenters. The molecule has 302 valence electrons. The number of aliphatic carboxylic acids is 1. The van der Waals surface area contributed by atoms with E-state index in [1.165, 1.54) is 0 Å². The number of carboxylic acid groups (broad SMARTS) is 1. The van der Waals surface area contributed by atoms with Crippen molar-refractivity contribution in [3.8, 4) is 11.1 Å². The lowest BCUT2D eigenvalue weighted by Gasteiger charge is -2.27. The highest BCUT2D eigenvalue weighted by Crippen LogP contribution is 2.20. The van der Waals surface area contributed by atoms with Gasteiger partial charge in [0.25, 0.3) is 5.91 Å². The second-order valence-corrected chi connectivity index (χ2v) is 14.5. The lowest BCUT2D eigenvalue weighted by molar-refractivity contribution is -0.137. The summed E-state index contributed by atoms with van der Waals surface area (Å²) < 4.78 is 0. The van der Waals surface area contributed by atoms with E-state index in [1.807, 2.05) is 115 Å². The van der Waals surface area contributed by atoms with Crippen molar-refractivity contribution in [3.63, 3.8) is 0 Å². The summed E-state index contributed by atoms with van der Waals surface area (Å²) in [6, 6.07) is 37.9. The smallest absolute Gasteiger partial charge is 0.305 e. The minimum atomic E-state index is -1.19. The molecular weight excluding hydrogens is 747 g/mol. The van der Waals surface area contributed by atoms with E-state index in [1.54, 1.807) is 24.3 Å². The molecular formula is C47H47N5O7. The fourth-order valence-electron chi connectivity index (χ4n) is 6.90. The molecule has 6 N–H and O–H groups in total. The van der Waals surface area contributed by atoms with Gasteiger partial charge in [-0.1, -0.05) is 127 Å². The molecule has 0 radical (unpaired) electrons. The zero-order valence-corrected chi connectivity index (χ0v) is 32.4. The van der Waals surface area contributed by atoms with Crippen molar-refractivity contribution >= 4 is 35.5 Å². The second-order valence-electron chi connectivity index (χ2n) is 14.5. The number of carbonyl (C=O) groups is 6. The zero-order valence-electron chi connectivity index (χ0n) is 32.4. The van der Waals surface area contributed by atoms with Gasteiger partial charge in [0.1, 0.15) is 24.2 Å². The average molecular weight is 794 g/mol. The van der Waals surface area contributed by atoms with Crippen molar-refractivity contribution in [2.45, 2.75) is 62.7 Å². The van der Waals surface area contributed by atoms with Gasteiger partial charge < -0.3 is 31.7 Å². The number of carbonyl (C=O) groups excluding carboxylic acids is 5. The number of carboxylic acids is 1. The van der Waals surface area contributed by atoms with Crippen LogP contribution in [0.25, 0.3) is 11.1 Å². The lowest BCUT2D eigenvalue weighted by atomic mass is 9.98. The van der Waals surface area contributed by atoms with Gasteiger partial charge in [-0.05, 0) is 58.4 Å². The molecule has 5 aromatic carbocycles. The first-order valence-electron chi connectivity index (χ1n) is 19.6. The number of fused-ring (bicyclic) bond motifs is 14. The van der Waals surface area contributed by atoms with Gasteiger partial charge in [0.15, 0.2) is 0 Å². The third kappa shape index (κ3) is 12.2. The summed E-state index contributed by atoms with van der Waals surface area (Å²) in [6.07, 6.45) is 0.490. The average Bonchev–Trinajstić information content (AvgIpc) is 3.25. The molecule has 0 saturated carbocycles. The Kier molecular flexibility index (Phi) is 14.3. The fraction of sp³-hybridized carbons (Fsp3) is 0.234. The topological polar surface area (TPSA) is 183 Å². The molecule has 2 aliphatic rings. The van der Waals surface area contributed by atoms with Gasteiger partial charge in [0, 0.05) is 31.4 Å². The number of hydrogen-bond donors (Lipinski definition) is 6. The van der Waals surface area contributed by atoms with Gasteiger partial charge >= 0.3 is 5.97 Å². The molecule has 0 fully saturated rings. The minimum absolute atomic E-state index is 0.000108. The normalized spacial score (nSPS) is 18.7. The molecule has 2 bridgehead atoms. The Labute approximate surface area is 342 Å². The summed E-state index contributed by atoms with van der Waals surface area (Å²) >= 11 is 0. The van der Waals surface area contributed by atoms with E-state index >= 15 is 0 Å². The highest BCUT2D eigenvalue weighted by Gasteiger charge is 2.32. The Balaban J connectivity index is 1.35. The summed E-state index contributed by atoms with van der Waals surface area (Å²) in [4.78, 5) is 81.4. The molecule has 2 heterocycles. The second kappa shape index (κ2) is 20.4. The molecule has 59 heavy (non-hydrogen) atoms. The van der Waals surface area contributed by atoms with E-state index < -0.39 is 59.7 Å². The van der Waals surface area contributed by atoms with Crippen LogP contribution >= 0.6 is 0 Å². The number of benzene rings is 5. The zero-order chi connectivity index (χ0) is 41.6. The SMILES string of the molecule is O=C(O)CCNC(=O)[C@@H]1Cc2ccc(cc2)C(=O)N[C@H](CCc2ccccc2)C(=O)N[C@@H](Cc2ccc(-c3ccccc3)cc2)C(=O)N[C@H](Cc2ccccc2)C(=O)N1. The van der Waals surface area contributed by atoms with Gasteiger partial charge in [-0.15, -0.1) is 0 Å². The van der Waals surface area contributed by atoms with Crippen LogP contribution < -0.4 is 26.6 Å². The van der Waals surface area contributed by atoms with Crippen LogP contribution in [0.3, 0.4) is 0 Å². The van der Waals surface area contributed by atoms with Crippen LogP contribution in [-0.2, 0) is 49.7 Å². The summed E-state index contributed by atoms with van der Waals surface area (Å²) in [5, 5.41) is 23.2. The van der Waals surface area contributed by atoms with E-state index in [4.69, 9.17) is 5.11 Å². The Bertz CT molecular complexity index is 2220. The van der Waals surface area contributed by atoms with E-state index in [0.29, 0.717) is 12.0 Å². The van der Waals surface area contributed by atoms with Crippen LogP contribution in [0.5, 0.6) is 0 Å². The summed E-state index contributed by atoms with van der Waals surface area (Å²) in [5.74, 6) is -4.09. The molecule has 0 saturated heterocycles. The molecule has 5 amide bonds. The van der Waals surface area contributed by atoms with E-state index in [9.17, 15) is 28.8 Å². The number of nitrogens with one attached hydrogen (secondary N) is 5. The molecule has 7 rings (SSSR count). The molecule has 5 aromatic rings. The van der Waals surface area contributed by atoms with Gasteiger partial charge in [-0.3, -0.25) is 28.8 Å². The predicted molar refractivity (Wildman–Crippen MR) is 223 cm³/mol. The van der Waals surface area contributed by atoms with Gasteiger partial charge in [0.05, 0.1) is 6.42 Å². The number of hydrogen-bond acceptors (Lipinski definition) is 6. The Morgan fingerprint density at radius 3 is 1.63 bits per heavy atom. The Morgan fingerprint density at radius 2 is 1.03 bits per heavy atom. The maximum Gasteiger partial charge on any atom is 0.305 e. The first-order chi connectivity index (χ1) is 28.6. The lowest BCUT2D eigenvalue weighted by Crippen LogP contribution is -2.59. The minimum Gasteiger partial charge on any atom is -0.481 e. The van der Waals surface area contributed by atoms with Crippen LogP contribution in [0.1, 0.15) is 45.5 Å². The summed E-state index contributed by atoms with van der Waals surface area (Å²) in [7, 11) is 0. The number of aryl methyl sites for hydroxylation is 1. The van der Waals surface area contributed by atoms with E-state index in [-0.39, 0.29) is 44.2 Å². The summed E-state index contributed by atoms with van der Waals surface area (Å²) in [5.41, 5.74) is 5.28. The van der Waals surface area contributed by atoms with Gasteiger partial charge in [-0.2, -0.15) is 0 Å². The molecule has 2 aliphatic heterocycles. The highest BCUT2D eigenvalue weighted by molar-refractivity contribution is 5.99. The number of rotatable bonds is 12. The first kappa shape index (κ1) is 41.6. The van der Waals surface area contributed by atoms with Crippen molar-refractivity contribution in [2.24, 2.45) is 0 Å². The van der Waals surface area contributed by atoms with Crippen molar-refractivity contribution in [3.05, 3.63) is 167 Å². The molecule has 12 nitrogen and oxygen atoms in total. The van der Waals surface area contributed by atoms with Gasteiger partial charge in [0.2, 0.25) is 23.6 Å². The molecule has 0 spiro atoms. The van der Waals surface area contributed by atoms with Crippen LogP contribution in [-0.4, -0.2) is 71.3 Å².